The van der Waals surface area contributed by atoms with Gasteiger partial charge in [-0.1, -0.05) is 18.9 Å². The van der Waals surface area contributed by atoms with Crippen molar-refractivity contribution in [1.29, 1.82) is 5.26 Å². The molecule has 0 radical (unpaired) electrons. The van der Waals surface area contributed by atoms with E-state index in [9.17, 15) is 20.2 Å². The smallest absolute Gasteiger partial charge is 0.287 e. The second-order valence-corrected chi connectivity index (χ2v) is 6.75. The van der Waals surface area contributed by atoms with Crippen LogP contribution in [0, 0.1) is 21.4 Å². The van der Waals surface area contributed by atoms with Gasteiger partial charge < -0.3 is 14.8 Å². The van der Waals surface area contributed by atoms with Crippen LogP contribution in [0.1, 0.15) is 31.2 Å². The summed E-state index contributed by atoms with van der Waals surface area (Å²) in [5, 5.41) is 23.0. The minimum atomic E-state index is -0.547. The quantitative estimate of drug-likeness (QED) is 0.320. The summed E-state index contributed by atoms with van der Waals surface area (Å²) >= 11 is 0. The molecule has 3 rings (SSSR count). The third-order valence-corrected chi connectivity index (χ3v) is 4.70. The number of pyridine rings is 1. The second kappa shape index (κ2) is 9.52. The van der Waals surface area contributed by atoms with E-state index in [1.165, 1.54) is 25.3 Å². The van der Waals surface area contributed by atoms with Crippen LogP contribution in [0.3, 0.4) is 0 Å². The molecular weight excluding hydrogens is 388 g/mol. The molecule has 0 saturated heterocycles. The van der Waals surface area contributed by atoms with Crippen molar-refractivity contribution < 1.29 is 19.2 Å². The van der Waals surface area contributed by atoms with Crippen LogP contribution in [0.2, 0.25) is 0 Å². The molecule has 1 N–H and O–H groups in total. The highest BCUT2D eigenvalue weighted by atomic mass is 16.6. The number of carbonyl (C=O) groups is 1. The van der Waals surface area contributed by atoms with Crippen molar-refractivity contribution in [1.82, 2.24) is 10.3 Å². The largest absolute Gasteiger partial charge is 0.493 e. The summed E-state index contributed by atoms with van der Waals surface area (Å²) in [6.45, 7) is 0. The van der Waals surface area contributed by atoms with Gasteiger partial charge in [-0.25, -0.2) is 4.98 Å². The van der Waals surface area contributed by atoms with E-state index in [0.29, 0.717) is 17.1 Å². The molecule has 1 aromatic heterocycles. The third kappa shape index (κ3) is 5.11. The Morgan fingerprint density at radius 1 is 1.30 bits per heavy atom. The number of methoxy groups -OCH3 is 1. The van der Waals surface area contributed by atoms with Gasteiger partial charge in [-0.05, 0) is 36.6 Å². The van der Waals surface area contributed by atoms with E-state index in [2.05, 4.69) is 10.3 Å². The lowest BCUT2D eigenvalue weighted by Gasteiger charge is -2.12. The van der Waals surface area contributed by atoms with E-state index < -0.39 is 10.8 Å². The van der Waals surface area contributed by atoms with Gasteiger partial charge in [0.25, 0.3) is 11.6 Å². The monoisotopic (exact) mass is 408 g/mol. The number of hydrogen-bond donors (Lipinski definition) is 1. The van der Waals surface area contributed by atoms with Crippen molar-refractivity contribution in [3.63, 3.8) is 0 Å². The molecule has 0 atom stereocenters. The van der Waals surface area contributed by atoms with E-state index in [0.717, 1.165) is 31.9 Å². The molecule has 1 heterocycles. The van der Waals surface area contributed by atoms with Crippen molar-refractivity contribution in [3.05, 3.63) is 57.8 Å². The number of nitro groups is 1. The molecule has 9 heteroatoms. The summed E-state index contributed by atoms with van der Waals surface area (Å²) in [6.07, 6.45) is 6.61. The average Bonchev–Trinajstić information content (AvgIpc) is 3.26. The Bertz CT molecular complexity index is 1010. The lowest BCUT2D eigenvalue weighted by Crippen LogP contribution is -2.33. The Kier molecular flexibility index (Phi) is 6.60. The zero-order valence-electron chi connectivity index (χ0n) is 16.3. The third-order valence-electron chi connectivity index (χ3n) is 4.70. The van der Waals surface area contributed by atoms with Crippen molar-refractivity contribution in [2.45, 2.75) is 31.7 Å². The van der Waals surface area contributed by atoms with Gasteiger partial charge >= 0.3 is 0 Å². The van der Waals surface area contributed by atoms with Gasteiger partial charge in [-0.3, -0.25) is 14.9 Å². The Labute approximate surface area is 173 Å². The fourth-order valence-electron chi connectivity index (χ4n) is 3.16. The van der Waals surface area contributed by atoms with Gasteiger partial charge in [-0.15, -0.1) is 0 Å². The van der Waals surface area contributed by atoms with Gasteiger partial charge in [0, 0.05) is 18.2 Å². The standard InChI is InChI=1S/C21H20N4O5/c1-29-19-11-14(10-15(12-22)21(26)24-16-4-2-3-5-16)6-8-18(19)30-20-9-7-17(13-23-20)25(27)28/h6-11,13,16H,2-5H2,1H3,(H,24,26)/b15-10-. The topological polar surface area (TPSA) is 127 Å². The first-order chi connectivity index (χ1) is 14.5. The number of ether oxygens (including phenoxy) is 2. The zero-order chi connectivity index (χ0) is 21.5. The lowest BCUT2D eigenvalue weighted by atomic mass is 10.1. The van der Waals surface area contributed by atoms with Crippen molar-refractivity contribution in [2.24, 2.45) is 0 Å². The number of amides is 1. The van der Waals surface area contributed by atoms with E-state index in [4.69, 9.17) is 9.47 Å². The van der Waals surface area contributed by atoms with Crippen LogP contribution in [0.25, 0.3) is 6.08 Å². The van der Waals surface area contributed by atoms with Gasteiger partial charge in [-0.2, -0.15) is 5.26 Å². The van der Waals surface area contributed by atoms with Crippen LogP contribution in [0.5, 0.6) is 17.4 Å². The highest BCUT2D eigenvalue weighted by molar-refractivity contribution is 6.01. The molecule has 0 bridgehead atoms. The predicted octanol–water partition coefficient (Wildman–Crippen LogP) is 3.76. The Hall–Kier alpha value is -3.93. The van der Waals surface area contributed by atoms with Crippen molar-refractivity contribution in [3.8, 4) is 23.4 Å². The van der Waals surface area contributed by atoms with Crippen LogP contribution in [-0.4, -0.2) is 29.0 Å². The molecule has 30 heavy (non-hydrogen) atoms. The molecule has 1 fully saturated rings. The van der Waals surface area contributed by atoms with Crippen molar-refractivity contribution >= 4 is 17.7 Å². The first kappa shape index (κ1) is 20.8. The van der Waals surface area contributed by atoms with Gasteiger partial charge in [0.05, 0.1) is 12.0 Å². The number of aromatic nitrogens is 1. The summed E-state index contributed by atoms with van der Waals surface area (Å²) < 4.78 is 11.0. The molecule has 0 aliphatic heterocycles. The predicted molar refractivity (Wildman–Crippen MR) is 108 cm³/mol. The fourth-order valence-corrected chi connectivity index (χ4v) is 3.16. The minimum absolute atomic E-state index is 0.00894. The zero-order valence-corrected chi connectivity index (χ0v) is 16.3. The van der Waals surface area contributed by atoms with Crippen molar-refractivity contribution in [2.75, 3.05) is 7.11 Å². The maximum Gasteiger partial charge on any atom is 0.287 e. The molecule has 1 aliphatic carbocycles. The van der Waals surface area contributed by atoms with Crippen LogP contribution in [0.15, 0.2) is 42.1 Å². The van der Waals surface area contributed by atoms with E-state index in [-0.39, 0.29) is 23.2 Å². The number of nitrogens with zero attached hydrogens (tertiary/aromatic N) is 3. The SMILES string of the molecule is COc1cc(/C=C(/C#N)C(=O)NC2CCCC2)ccc1Oc1ccc([N+](=O)[O-])cn1. The highest BCUT2D eigenvalue weighted by Gasteiger charge is 2.19. The highest BCUT2D eigenvalue weighted by Crippen LogP contribution is 2.32. The fraction of sp³-hybridized carbons (Fsp3) is 0.286. The summed E-state index contributed by atoms with van der Waals surface area (Å²) in [7, 11) is 1.46. The maximum absolute atomic E-state index is 12.4. The maximum atomic E-state index is 12.4. The van der Waals surface area contributed by atoms with Crippen LogP contribution < -0.4 is 14.8 Å². The summed E-state index contributed by atoms with van der Waals surface area (Å²) in [6, 6.07) is 9.63. The molecule has 1 aromatic carbocycles. The molecular formula is C21H20N4O5. The van der Waals surface area contributed by atoms with Gasteiger partial charge in [0.2, 0.25) is 5.88 Å². The molecule has 154 valence electrons. The van der Waals surface area contributed by atoms with Crippen LogP contribution in [0.4, 0.5) is 5.69 Å². The number of rotatable bonds is 7. The Balaban J connectivity index is 1.76. The number of nitrogens with one attached hydrogen (secondary N) is 1. The molecule has 1 amide bonds. The summed E-state index contributed by atoms with van der Waals surface area (Å²) in [5.74, 6) is 0.469. The Morgan fingerprint density at radius 2 is 2.07 bits per heavy atom. The molecule has 0 spiro atoms. The molecule has 1 saturated carbocycles. The summed E-state index contributed by atoms with van der Waals surface area (Å²) in [4.78, 5) is 26.4. The first-order valence-electron chi connectivity index (χ1n) is 9.39. The molecule has 1 aliphatic rings. The number of nitriles is 1. The van der Waals surface area contributed by atoms with Crippen LogP contribution in [-0.2, 0) is 4.79 Å². The average molecular weight is 408 g/mol. The number of benzene rings is 1. The summed E-state index contributed by atoms with van der Waals surface area (Å²) in [5.41, 5.74) is 0.457. The Morgan fingerprint density at radius 3 is 2.67 bits per heavy atom. The number of hydrogen-bond acceptors (Lipinski definition) is 7. The molecule has 0 unspecified atom stereocenters. The lowest BCUT2D eigenvalue weighted by molar-refractivity contribution is -0.385. The van der Waals surface area contributed by atoms with E-state index in [1.807, 2.05) is 6.07 Å². The van der Waals surface area contributed by atoms with Gasteiger partial charge in [0.15, 0.2) is 11.5 Å². The van der Waals surface area contributed by atoms with E-state index in [1.54, 1.807) is 18.2 Å². The van der Waals surface area contributed by atoms with Gasteiger partial charge in [0.1, 0.15) is 17.8 Å². The van der Waals surface area contributed by atoms with E-state index >= 15 is 0 Å². The number of carbonyl (C=O) groups excluding carboxylic acids is 1. The second-order valence-electron chi connectivity index (χ2n) is 6.75. The van der Waals surface area contributed by atoms with Crippen LogP contribution >= 0.6 is 0 Å². The normalized spacial score (nSPS) is 14.1. The molecule has 2 aromatic rings. The first-order valence-corrected chi connectivity index (χ1v) is 9.39. The minimum Gasteiger partial charge on any atom is -0.493 e. The molecule has 9 nitrogen and oxygen atoms in total.